The lowest BCUT2D eigenvalue weighted by molar-refractivity contribution is -0.143. The highest BCUT2D eigenvalue weighted by atomic mass is 16.6. The van der Waals surface area contributed by atoms with Crippen LogP contribution in [0.3, 0.4) is 0 Å². The topological polar surface area (TPSA) is 441 Å². The molecule has 12 rings (SSSR count). The number of nitrogens with one attached hydrogen (secondary N) is 4. The van der Waals surface area contributed by atoms with Gasteiger partial charge in [-0.2, -0.15) is 0 Å². The van der Waals surface area contributed by atoms with Crippen molar-refractivity contribution in [2.75, 3.05) is 251 Å². The Morgan fingerprint density at radius 3 is 0.500 bits per heavy atom. The first-order valence-electron chi connectivity index (χ1n) is 45.5. The summed E-state index contributed by atoms with van der Waals surface area (Å²) in [6.07, 6.45) is -1.90. The summed E-state index contributed by atoms with van der Waals surface area (Å²) in [5.74, 6) is -3.51. The van der Waals surface area contributed by atoms with E-state index in [-0.39, 0.29) is 102 Å². The van der Waals surface area contributed by atoms with Crippen molar-refractivity contribution in [1.82, 2.24) is 21.3 Å². The fraction of sp³-hybridized carbons (Fsp3) is 0.446. The Hall–Kier alpha value is -11.9. The maximum absolute atomic E-state index is 12.1. The molecule has 736 valence electrons. The normalized spacial score (nSPS) is 12.2. The second kappa shape index (κ2) is 65.0. The van der Waals surface area contributed by atoms with Gasteiger partial charge in [0.15, 0.2) is 0 Å². The monoisotopic (exact) mass is 1890 g/mol. The van der Waals surface area contributed by atoms with Gasteiger partial charge < -0.3 is 132 Å². The zero-order valence-corrected chi connectivity index (χ0v) is 76.6. The van der Waals surface area contributed by atoms with Crippen LogP contribution in [0.15, 0.2) is 194 Å². The van der Waals surface area contributed by atoms with Crippen LogP contribution in [0, 0.1) is 0 Å². The third-order valence-corrected chi connectivity index (χ3v) is 21.1. The number of carboxylic acids is 4. The van der Waals surface area contributed by atoms with Crippen LogP contribution in [0.2, 0.25) is 0 Å². The lowest BCUT2D eigenvalue weighted by Crippen LogP contribution is -2.29. The Morgan fingerprint density at radius 2 is 0.338 bits per heavy atom. The summed E-state index contributed by atoms with van der Waals surface area (Å²) in [7, 11) is 0. The summed E-state index contributed by atoms with van der Waals surface area (Å²) >= 11 is 0. The molecule has 8 aromatic carbocycles. The third-order valence-electron chi connectivity index (χ3n) is 21.1. The minimum Gasteiger partial charge on any atom is -0.481 e. The molecule has 0 saturated heterocycles. The van der Waals surface area contributed by atoms with E-state index in [9.17, 15) is 38.4 Å². The minimum absolute atomic E-state index is 0.00760. The maximum atomic E-state index is 12.1. The van der Waals surface area contributed by atoms with E-state index in [1.807, 2.05) is 97.1 Å². The van der Waals surface area contributed by atoms with Crippen molar-refractivity contribution in [3.05, 3.63) is 239 Å². The highest BCUT2D eigenvalue weighted by Gasteiger charge is 2.33. The molecule has 8 aromatic rings. The van der Waals surface area contributed by atoms with Crippen molar-refractivity contribution in [3.8, 4) is 44.5 Å². The molecule has 0 fully saturated rings. The SMILES string of the molecule is O=C(O)CCOCCOCCOCCNC(=O)OCC1c2ccccc2-c2ccccc21.O=C(O)CCOCCOCCOCCOCCNC(=O)OCC1c2ccccc2-c2ccccc21.O=C(O)CCOCCOCCOCCOCCOCCNC(=O)OCC1c2ccccc2-c2ccccc21.O=C(O)COCCOCCOCCNC(=O)OCC1c2ccccc2-c2ccccc21. The van der Waals surface area contributed by atoms with Gasteiger partial charge in [-0.1, -0.05) is 194 Å². The molecule has 136 heavy (non-hydrogen) atoms. The van der Waals surface area contributed by atoms with Crippen LogP contribution in [-0.4, -0.2) is 319 Å². The molecule has 0 heterocycles. The molecule has 0 aromatic heterocycles. The number of aliphatic carboxylic acids is 4. The van der Waals surface area contributed by atoms with Crippen LogP contribution >= 0.6 is 0 Å². The summed E-state index contributed by atoms with van der Waals surface area (Å²) in [5.41, 5.74) is 19.0. The van der Waals surface area contributed by atoms with E-state index in [0.717, 1.165) is 0 Å². The Labute approximate surface area is 791 Å². The number of fused-ring (bicyclic) bond motifs is 12. The van der Waals surface area contributed by atoms with E-state index < -0.39 is 48.3 Å². The lowest BCUT2D eigenvalue weighted by atomic mass is 9.98. The van der Waals surface area contributed by atoms with Crippen molar-refractivity contribution in [2.45, 2.75) is 42.9 Å². The second-order valence-electron chi connectivity index (χ2n) is 30.5. The van der Waals surface area contributed by atoms with Gasteiger partial charge in [-0.3, -0.25) is 14.4 Å². The van der Waals surface area contributed by atoms with Gasteiger partial charge in [0.05, 0.1) is 211 Å². The predicted molar refractivity (Wildman–Crippen MR) is 499 cm³/mol. The van der Waals surface area contributed by atoms with Crippen LogP contribution < -0.4 is 21.3 Å². The Kier molecular flexibility index (Phi) is 51.5. The summed E-state index contributed by atoms with van der Waals surface area (Å²) in [5, 5.41) is 44.7. The van der Waals surface area contributed by atoms with Crippen LogP contribution in [-0.2, 0) is 109 Å². The number of carboxylic acid groups (broad SMARTS) is 4. The Morgan fingerprint density at radius 1 is 0.191 bits per heavy atom. The van der Waals surface area contributed by atoms with Gasteiger partial charge in [-0.15, -0.1) is 0 Å². The van der Waals surface area contributed by atoms with E-state index >= 15 is 0 Å². The molecule has 0 atom stereocenters. The number of carbonyl (C=O) groups is 8. The molecular weight excluding hydrogens is 1770 g/mol. The van der Waals surface area contributed by atoms with Gasteiger partial charge >= 0.3 is 48.3 Å². The molecule has 8 N–H and O–H groups in total. The zero-order chi connectivity index (χ0) is 96.0. The fourth-order valence-electron chi connectivity index (χ4n) is 14.9. The maximum Gasteiger partial charge on any atom is 0.407 e. The van der Waals surface area contributed by atoms with Crippen molar-refractivity contribution in [2.24, 2.45) is 0 Å². The molecule has 4 aliphatic carbocycles. The lowest BCUT2D eigenvalue weighted by Gasteiger charge is -2.14. The number of carbonyl (C=O) groups excluding carboxylic acids is 4. The molecule has 4 aliphatic rings. The molecule has 4 amide bonds. The number of hydrogen-bond acceptors (Lipinski definition) is 27. The number of ether oxygens (including phenoxy) is 19. The molecule has 0 bridgehead atoms. The average molecular weight is 1890 g/mol. The summed E-state index contributed by atoms with van der Waals surface area (Å²) in [6, 6.07) is 65.7. The molecule has 0 unspecified atom stereocenters. The molecule has 0 radical (unpaired) electrons. The summed E-state index contributed by atoms with van der Waals surface area (Å²) in [6.45, 7) is 12.7. The average Bonchev–Trinajstić information content (AvgIpc) is 1.64. The number of amides is 4. The number of hydrogen-bond donors (Lipinski definition) is 8. The van der Waals surface area contributed by atoms with Gasteiger partial charge in [0.25, 0.3) is 0 Å². The number of alkyl carbamates (subject to hydrolysis) is 4. The van der Waals surface area contributed by atoms with Crippen LogP contribution in [0.1, 0.15) is 87.4 Å². The second-order valence-corrected chi connectivity index (χ2v) is 30.5. The van der Waals surface area contributed by atoms with E-state index in [1.54, 1.807) is 0 Å². The Bertz CT molecular complexity index is 4690. The molecule has 35 heteroatoms. The van der Waals surface area contributed by atoms with E-state index in [1.165, 1.54) is 89.0 Å². The largest absolute Gasteiger partial charge is 0.481 e. The quantitative estimate of drug-likeness (QED) is 0.0130. The molecular formula is C101H126N4O31. The smallest absolute Gasteiger partial charge is 0.407 e. The van der Waals surface area contributed by atoms with Crippen molar-refractivity contribution in [3.63, 3.8) is 0 Å². The fourth-order valence-corrected chi connectivity index (χ4v) is 14.9. The molecule has 0 spiro atoms. The van der Waals surface area contributed by atoms with Gasteiger partial charge in [0.2, 0.25) is 0 Å². The van der Waals surface area contributed by atoms with Crippen LogP contribution in [0.25, 0.3) is 44.5 Å². The first kappa shape index (κ1) is 108. The van der Waals surface area contributed by atoms with E-state index in [4.69, 9.17) is 110 Å². The van der Waals surface area contributed by atoms with Gasteiger partial charge in [-0.05, 0) is 89.0 Å². The zero-order valence-electron chi connectivity index (χ0n) is 76.6. The highest BCUT2D eigenvalue weighted by molar-refractivity contribution is 5.83. The summed E-state index contributed by atoms with van der Waals surface area (Å²) < 4.78 is 101. The first-order chi connectivity index (χ1) is 66.7. The minimum atomic E-state index is -1.01. The standard InChI is InChI=1S/C28H37NO9.C26H33NO8.C24H29NO7.C23H27NO7/c30-27(31)9-11-33-13-15-35-17-19-37-20-18-36-16-14-34-12-10-29-28(32)38-21-26-24-7-3-1-5-22(24)23-6-2-4-8-25(23)26;28-25(29)9-11-31-13-15-33-17-18-34-16-14-32-12-10-27-26(30)35-19-24-22-7-3-1-5-20(22)21-6-2-4-8-23(21)24;26-23(27)9-11-29-13-15-31-16-14-30-12-10-25-24(28)32-17-22-20-7-3-1-5-18(20)19-6-2-4-8-21(19)22;25-22(26)16-30-14-13-29-12-11-28-10-9-24-23(27)31-15-21-19-7-3-1-5-17(19)18-6-2-4-8-20(18)21/h1-8,26H,9-21H2,(H,29,32)(H,30,31);1-8,24H,9-19H2,(H,27,30)(H,28,29);1-8,22H,9-17H2,(H,25,28)(H,26,27);1-8,21H,9-16H2,(H,24,27)(H,25,26). The van der Waals surface area contributed by atoms with Crippen molar-refractivity contribution in [1.29, 1.82) is 0 Å². The number of rotatable bonds is 64. The van der Waals surface area contributed by atoms with Gasteiger partial charge in [-0.25, -0.2) is 24.0 Å². The third kappa shape index (κ3) is 39.8. The molecule has 0 aliphatic heterocycles. The predicted octanol–water partition coefficient (Wildman–Crippen LogP) is 11.9. The van der Waals surface area contributed by atoms with Crippen LogP contribution in [0.5, 0.6) is 0 Å². The molecule has 35 nitrogen and oxygen atoms in total. The highest BCUT2D eigenvalue weighted by Crippen LogP contribution is 2.48. The van der Waals surface area contributed by atoms with Gasteiger partial charge in [0.1, 0.15) is 33.0 Å². The number of benzene rings is 8. The van der Waals surface area contributed by atoms with Gasteiger partial charge in [0, 0.05) is 49.9 Å². The van der Waals surface area contributed by atoms with Crippen molar-refractivity contribution < 1.29 is 149 Å². The van der Waals surface area contributed by atoms with Crippen molar-refractivity contribution >= 4 is 48.3 Å². The van der Waals surface area contributed by atoms with Crippen LogP contribution in [0.4, 0.5) is 19.2 Å². The summed E-state index contributed by atoms with van der Waals surface area (Å²) in [4.78, 5) is 89.6. The first-order valence-corrected chi connectivity index (χ1v) is 45.5. The van der Waals surface area contributed by atoms with E-state index in [2.05, 4.69) is 118 Å². The molecule has 0 saturated carbocycles. The Balaban J connectivity index is 0.000000204. The van der Waals surface area contributed by atoms with E-state index in [0.29, 0.717) is 191 Å².